The van der Waals surface area contributed by atoms with Crippen LogP contribution in [0, 0.1) is 6.92 Å². The minimum Gasteiger partial charge on any atom is -0.314 e. The van der Waals surface area contributed by atoms with Gasteiger partial charge in [-0.05, 0) is 48.7 Å². The van der Waals surface area contributed by atoms with Crippen LogP contribution in [-0.2, 0) is 6.54 Å². The molecule has 4 nitrogen and oxygen atoms in total. The molecule has 88 valence electrons. The first-order valence-corrected chi connectivity index (χ1v) is 6.42. The zero-order chi connectivity index (χ0) is 11.5. The van der Waals surface area contributed by atoms with Crippen LogP contribution in [0.1, 0.15) is 25.0 Å². The molecule has 0 atom stereocenters. The Hall–Kier alpha value is -0.680. The molecular weight excluding hydrogens is 270 g/mol. The molecule has 1 aliphatic rings. The van der Waals surface area contributed by atoms with Crippen LogP contribution in [0.15, 0.2) is 15.6 Å². The van der Waals surface area contributed by atoms with Gasteiger partial charge in [0.15, 0.2) is 0 Å². The smallest absolute Gasteiger partial charge is 0.267 e. The third-order valence-corrected chi connectivity index (χ3v) is 3.66. The van der Waals surface area contributed by atoms with E-state index < -0.39 is 0 Å². The lowest BCUT2D eigenvalue weighted by atomic mass is 10.4. The van der Waals surface area contributed by atoms with E-state index in [9.17, 15) is 4.79 Å². The molecule has 1 N–H and O–H groups in total. The lowest BCUT2D eigenvalue weighted by molar-refractivity contribution is 0.560. The summed E-state index contributed by atoms with van der Waals surface area (Å²) in [4.78, 5) is 15.9. The van der Waals surface area contributed by atoms with Crippen molar-refractivity contribution in [3.05, 3.63) is 26.8 Å². The molecule has 1 heterocycles. The fraction of sp³-hybridized carbons (Fsp3) is 0.636. The van der Waals surface area contributed by atoms with Gasteiger partial charge in [0.05, 0.1) is 12.0 Å². The number of hydrogen-bond acceptors (Lipinski definition) is 3. The van der Waals surface area contributed by atoms with E-state index in [0.717, 1.165) is 31.2 Å². The zero-order valence-corrected chi connectivity index (χ0v) is 11.0. The SMILES string of the molecule is Cc1ncn(CCCNC2CC2)c(=O)c1Br. The van der Waals surface area contributed by atoms with Crippen molar-refractivity contribution >= 4 is 15.9 Å². The highest BCUT2D eigenvalue weighted by Crippen LogP contribution is 2.18. The number of rotatable bonds is 5. The number of nitrogens with zero attached hydrogens (tertiary/aromatic N) is 2. The normalized spacial score (nSPS) is 15.4. The Kier molecular flexibility index (Phi) is 3.76. The van der Waals surface area contributed by atoms with Gasteiger partial charge in [0, 0.05) is 12.6 Å². The number of halogens is 1. The second-order valence-corrected chi connectivity index (χ2v) is 5.02. The third-order valence-electron chi connectivity index (χ3n) is 2.74. The van der Waals surface area contributed by atoms with Gasteiger partial charge in [0.2, 0.25) is 0 Å². The summed E-state index contributed by atoms with van der Waals surface area (Å²) in [5.41, 5.74) is 0.760. The Morgan fingerprint density at radius 1 is 1.62 bits per heavy atom. The average molecular weight is 286 g/mol. The Morgan fingerprint density at radius 3 is 3.06 bits per heavy atom. The molecule has 2 rings (SSSR count). The van der Waals surface area contributed by atoms with E-state index >= 15 is 0 Å². The Morgan fingerprint density at radius 2 is 2.38 bits per heavy atom. The summed E-state index contributed by atoms with van der Waals surface area (Å²) >= 11 is 3.26. The summed E-state index contributed by atoms with van der Waals surface area (Å²) in [6.07, 6.45) is 5.20. The van der Waals surface area contributed by atoms with Gasteiger partial charge in [-0.15, -0.1) is 0 Å². The highest BCUT2D eigenvalue weighted by molar-refractivity contribution is 9.10. The first-order chi connectivity index (χ1) is 7.68. The minimum absolute atomic E-state index is 0.0129. The van der Waals surface area contributed by atoms with Crippen molar-refractivity contribution in [2.24, 2.45) is 0 Å². The molecule has 1 aromatic heterocycles. The monoisotopic (exact) mass is 285 g/mol. The molecule has 0 amide bonds. The van der Waals surface area contributed by atoms with Crippen LogP contribution in [0.3, 0.4) is 0 Å². The van der Waals surface area contributed by atoms with Crippen LogP contribution in [0.2, 0.25) is 0 Å². The van der Waals surface area contributed by atoms with E-state index in [2.05, 4.69) is 26.2 Å². The average Bonchev–Trinajstić information content (AvgIpc) is 3.08. The predicted molar refractivity (Wildman–Crippen MR) is 66.6 cm³/mol. The summed E-state index contributed by atoms with van der Waals surface area (Å²) in [5, 5.41) is 3.42. The molecule has 0 saturated heterocycles. The molecule has 0 bridgehead atoms. The first kappa shape index (κ1) is 11.8. The number of hydrogen-bond donors (Lipinski definition) is 1. The molecule has 1 fully saturated rings. The Balaban J connectivity index is 1.88. The van der Waals surface area contributed by atoms with Crippen LogP contribution in [0.25, 0.3) is 0 Å². The van der Waals surface area contributed by atoms with Gasteiger partial charge in [-0.2, -0.15) is 0 Å². The van der Waals surface area contributed by atoms with Crippen molar-refractivity contribution in [2.45, 2.75) is 38.8 Å². The van der Waals surface area contributed by atoms with E-state index in [-0.39, 0.29) is 5.56 Å². The zero-order valence-electron chi connectivity index (χ0n) is 9.37. The van der Waals surface area contributed by atoms with Crippen molar-refractivity contribution in [3.8, 4) is 0 Å². The van der Waals surface area contributed by atoms with Gasteiger partial charge in [-0.3, -0.25) is 9.36 Å². The molecule has 5 heteroatoms. The van der Waals surface area contributed by atoms with E-state index in [1.165, 1.54) is 12.8 Å². The molecule has 1 aliphatic carbocycles. The standard InChI is InChI=1S/C11H16BrN3O/c1-8-10(12)11(16)15(7-14-8)6-2-5-13-9-3-4-9/h7,9,13H,2-6H2,1H3. The lowest BCUT2D eigenvalue weighted by Gasteiger charge is -2.07. The van der Waals surface area contributed by atoms with E-state index in [0.29, 0.717) is 4.47 Å². The second kappa shape index (κ2) is 5.10. The summed E-state index contributed by atoms with van der Waals surface area (Å²) < 4.78 is 2.23. The highest BCUT2D eigenvalue weighted by Gasteiger charge is 2.19. The summed E-state index contributed by atoms with van der Waals surface area (Å²) in [5.74, 6) is 0. The van der Waals surface area contributed by atoms with E-state index in [4.69, 9.17) is 0 Å². The quantitative estimate of drug-likeness (QED) is 0.834. The first-order valence-electron chi connectivity index (χ1n) is 5.63. The maximum atomic E-state index is 11.8. The largest absolute Gasteiger partial charge is 0.314 e. The number of nitrogens with one attached hydrogen (secondary N) is 1. The molecule has 0 aromatic carbocycles. The number of aromatic nitrogens is 2. The molecule has 0 radical (unpaired) electrons. The van der Waals surface area contributed by atoms with Gasteiger partial charge < -0.3 is 5.32 Å². The van der Waals surface area contributed by atoms with Crippen molar-refractivity contribution < 1.29 is 0 Å². The third kappa shape index (κ3) is 2.92. The van der Waals surface area contributed by atoms with E-state index in [1.54, 1.807) is 10.9 Å². The van der Waals surface area contributed by atoms with Gasteiger partial charge >= 0.3 is 0 Å². The van der Waals surface area contributed by atoms with Crippen LogP contribution in [0.4, 0.5) is 0 Å². The van der Waals surface area contributed by atoms with Crippen molar-refractivity contribution in [2.75, 3.05) is 6.54 Å². The van der Waals surface area contributed by atoms with Crippen LogP contribution < -0.4 is 10.9 Å². The molecule has 1 saturated carbocycles. The fourth-order valence-electron chi connectivity index (χ4n) is 1.55. The van der Waals surface area contributed by atoms with E-state index in [1.807, 2.05) is 6.92 Å². The number of aryl methyl sites for hydroxylation is 2. The van der Waals surface area contributed by atoms with Gasteiger partial charge in [-0.25, -0.2) is 4.98 Å². The van der Waals surface area contributed by atoms with Crippen molar-refractivity contribution in [1.82, 2.24) is 14.9 Å². The van der Waals surface area contributed by atoms with Gasteiger partial charge in [0.25, 0.3) is 5.56 Å². The molecular formula is C11H16BrN3O. The topological polar surface area (TPSA) is 46.9 Å². The van der Waals surface area contributed by atoms with Crippen LogP contribution in [-0.4, -0.2) is 22.1 Å². The highest BCUT2D eigenvalue weighted by atomic mass is 79.9. The lowest BCUT2D eigenvalue weighted by Crippen LogP contribution is -2.25. The van der Waals surface area contributed by atoms with Gasteiger partial charge in [-0.1, -0.05) is 0 Å². The second-order valence-electron chi connectivity index (χ2n) is 4.22. The van der Waals surface area contributed by atoms with Gasteiger partial charge in [0.1, 0.15) is 4.47 Å². The summed E-state index contributed by atoms with van der Waals surface area (Å²) in [6, 6.07) is 0.736. The summed E-state index contributed by atoms with van der Waals surface area (Å²) in [7, 11) is 0. The van der Waals surface area contributed by atoms with Crippen LogP contribution in [0.5, 0.6) is 0 Å². The molecule has 16 heavy (non-hydrogen) atoms. The molecule has 0 unspecified atom stereocenters. The van der Waals surface area contributed by atoms with Crippen molar-refractivity contribution in [3.63, 3.8) is 0 Å². The van der Waals surface area contributed by atoms with Crippen LogP contribution >= 0.6 is 15.9 Å². The molecule has 1 aromatic rings. The predicted octanol–water partition coefficient (Wildman–Crippen LogP) is 1.46. The van der Waals surface area contributed by atoms with Crippen molar-refractivity contribution in [1.29, 1.82) is 0 Å². The maximum Gasteiger partial charge on any atom is 0.267 e. The maximum absolute atomic E-state index is 11.8. The minimum atomic E-state index is 0.0129. The fourth-order valence-corrected chi connectivity index (χ4v) is 1.88. The summed E-state index contributed by atoms with van der Waals surface area (Å²) in [6.45, 7) is 3.53. The molecule has 0 aliphatic heterocycles. The molecule has 0 spiro atoms. The Bertz CT molecular complexity index is 426. The Labute approximate surface area is 103 Å².